The van der Waals surface area contributed by atoms with Crippen LogP contribution in [-0.2, 0) is 6.42 Å². The van der Waals surface area contributed by atoms with Crippen LogP contribution in [0.15, 0.2) is 18.2 Å². The summed E-state index contributed by atoms with van der Waals surface area (Å²) < 4.78 is 11.2. The van der Waals surface area contributed by atoms with Crippen molar-refractivity contribution in [3.63, 3.8) is 0 Å². The Balaban J connectivity index is 1.89. The van der Waals surface area contributed by atoms with E-state index in [0.717, 1.165) is 17.9 Å². The summed E-state index contributed by atoms with van der Waals surface area (Å²) in [4.78, 5) is 1.42. The normalized spacial score (nSPS) is 14.2. The van der Waals surface area contributed by atoms with Crippen molar-refractivity contribution in [3.8, 4) is 17.2 Å². The van der Waals surface area contributed by atoms with E-state index in [1.807, 2.05) is 18.2 Å². The first kappa shape index (κ1) is 11.9. The van der Waals surface area contributed by atoms with Gasteiger partial charge in [0.25, 0.3) is 0 Å². The highest BCUT2D eigenvalue weighted by Crippen LogP contribution is 2.31. The third kappa shape index (κ3) is 2.50. The molecule has 1 N–H and O–H groups in total. The highest BCUT2D eigenvalue weighted by molar-refractivity contribution is 5.48. The van der Waals surface area contributed by atoms with Gasteiger partial charge in [0.15, 0.2) is 17.3 Å². The second-order valence-corrected chi connectivity index (χ2v) is 4.15. The Labute approximate surface area is 109 Å². The first-order valence-corrected chi connectivity index (χ1v) is 6.16. The number of aliphatic hydroxyl groups is 1. The van der Waals surface area contributed by atoms with Crippen LogP contribution in [0, 0.1) is 0 Å². The molecule has 100 valence electrons. The van der Waals surface area contributed by atoms with Gasteiger partial charge in [0.05, 0.1) is 25.5 Å². The molecular weight excluding hydrogens is 248 g/mol. The molecule has 0 aliphatic carbocycles. The van der Waals surface area contributed by atoms with Crippen molar-refractivity contribution < 1.29 is 14.6 Å². The lowest BCUT2D eigenvalue weighted by Gasteiger charge is -2.08. The third-order valence-electron chi connectivity index (χ3n) is 2.75. The maximum Gasteiger partial charge on any atom is 0.177 e. The monoisotopic (exact) mass is 262 g/mol. The summed E-state index contributed by atoms with van der Waals surface area (Å²) in [5.74, 6) is 1.93. The van der Waals surface area contributed by atoms with Crippen molar-refractivity contribution in [1.82, 2.24) is 20.2 Å². The SMILES string of the molecule is OCCc1nnn(-c2ccc3c(c2)OCCCO3)n1. The molecule has 0 saturated carbocycles. The summed E-state index contributed by atoms with van der Waals surface area (Å²) in [6, 6.07) is 5.51. The zero-order valence-electron chi connectivity index (χ0n) is 10.3. The lowest BCUT2D eigenvalue weighted by atomic mass is 10.3. The quantitative estimate of drug-likeness (QED) is 0.860. The summed E-state index contributed by atoms with van der Waals surface area (Å²) in [5.41, 5.74) is 0.751. The fourth-order valence-corrected chi connectivity index (χ4v) is 1.83. The third-order valence-corrected chi connectivity index (χ3v) is 2.75. The number of aromatic nitrogens is 4. The molecule has 2 heterocycles. The number of tetrazole rings is 1. The van der Waals surface area contributed by atoms with Crippen molar-refractivity contribution in [1.29, 1.82) is 0 Å². The van der Waals surface area contributed by atoms with Gasteiger partial charge in [-0.3, -0.25) is 0 Å². The molecule has 0 bridgehead atoms. The predicted molar refractivity (Wildman–Crippen MR) is 65.6 cm³/mol. The molecule has 0 atom stereocenters. The van der Waals surface area contributed by atoms with Crippen molar-refractivity contribution in [2.24, 2.45) is 0 Å². The van der Waals surface area contributed by atoms with Crippen molar-refractivity contribution in [3.05, 3.63) is 24.0 Å². The van der Waals surface area contributed by atoms with Gasteiger partial charge in [0.1, 0.15) is 0 Å². The highest BCUT2D eigenvalue weighted by Gasteiger charge is 2.12. The summed E-state index contributed by atoms with van der Waals surface area (Å²) in [6.45, 7) is 1.30. The smallest absolute Gasteiger partial charge is 0.177 e. The molecule has 0 saturated heterocycles. The van der Waals surface area contributed by atoms with Gasteiger partial charge in [0.2, 0.25) is 0 Å². The summed E-state index contributed by atoms with van der Waals surface area (Å²) in [7, 11) is 0. The van der Waals surface area contributed by atoms with E-state index in [-0.39, 0.29) is 6.61 Å². The second-order valence-electron chi connectivity index (χ2n) is 4.15. The van der Waals surface area contributed by atoms with Crippen LogP contribution in [0.2, 0.25) is 0 Å². The minimum absolute atomic E-state index is 0.00678. The van der Waals surface area contributed by atoms with E-state index in [9.17, 15) is 0 Å². The van der Waals surface area contributed by atoms with Crippen LogP contribution in [-0.4, -0.2) is 45.1 Å². The van der Waals surface area contributed by atoms with Gasteiger partial charge in [-0.25, -0.2) is 0 Å². The van der Waals surface area contributed by atoms with E-state index in [0.29, 0.717) is 31.2 Å². The van der Waals surface area contributed by atoms with Crippen molar-refractivity contribution in [2.75, 3.05) is 19.8 Å². The molecule has 19 heavy (non-hydrogen) atoms. The fourth-order valence-electron chi connectivity index (χ4n) is 1.83. The number of rotatable bonds is 3. The van der Waals surface area contributed by atoms with Crippen molar-refractivity contribution in [2.45, 2.75) is 12.8 Å². The Kier molecular flexibility index (Phi) is 3.28. The molecule has 2 aromatic rings. The van der Waals surface area contributed by atoms with E-state index in [4.69, 9.17) is 14.6 Å². The number of benzene rings is 1. The van der Waals surface area contributed by atoms with E-state index < -0.39 is 0 Å². The minimum Gasteiger partial charge on any atom is -0.490 e. The zero-order valence-corrected chi connectivity index (χ0v) is 10.3. The summed E-state index contributed by atoms with van der Waals surface area (Å²) in [5, 5.41) is 20.8. The zero-order chi connectivity index (χ0) is 13.1. The fraction of sp³-hybridized carbons (Fsp3) is 0.417. The minimum atomic E-state index is 0.00678. The molecule has 0 radical (unpaired) electrons. The average molecular weight is 262 g/mol. The van der Waals surface area contributed by atoms with Gasteiger partial charge >= 0.3 is 0 Å². The van der Waals surface area contributed by atoms with Gasteiger partial charge in [0, 0.05) is 18.9 Å². The van der Waals surface area contributed by atoms with Gasteiger partial charge in [-0.2, -0.15) is 0 Å². The molecule has 1 aromatic carbocycles. The molecular formula is C12H14N4O3. The largest absolute Gasteiger partial charge is 0.490 e. The molecule has 0 unspecified atom stereocenters. The van der Waals surface area contributed by atoms with Crippen LogP contribution in [0.1, 0.15) is 12.2 Å². The van der Waals surface area contributed by atoms with Crippen molar-refractivity contribution >= 4 is 0 Å². The van der Waals surface area contributed by atoms with Crippen LogP contribution in [0.3, 0.4) is 0 Å². The van der Waals surface area contributed by atoms with Crippen LogP contribution < -0.4 is 9.47 Å². The average Bonchev–Trinajstić information content (AvgIpc) is 2.76. The lowest BCUT2D eigenvalue weighted by molar-refractivity contribution is 0.296. The molecule has 0 amide bonds. The van der Waals surface area contributed by atoms with Gasteiger partial charge in [-0.05, 0) is 17.3 Å². The maximum absolute atomic E-state index is 8.84. The standard InChI is InChI=1S/C12H14N4O3/c17-5-4-12-13-15-16(14-12)9-2-3-10-11(8-9)19-7-1-6-18-10/h2-3,8,17H,1,4-7H2. The van der Waals surface area contributed by atoms with Crippen LogP contribution in [0.25, 0.3) is 5.69 Å². The molecule has 3 rings (SSSR count). The highest BCUT2D eigenvalue weighted by atomic mass is 16.5. The topological polar surface area (TPSA) is 82.3 Å². The van der Waals surface area contributed by atoms with E-state index in [1.54, 1.807) is 0 Å². The van der Waals surface area contributed by atoms with E-state index >= 15 is 0 Å². The second kappa shape index (κ2) is 5.23. The number of aliphatic hydroxyl groups excluding tert-OH is 1. The number of fused-ring (bicyclic) bond motifs is 1. The maximum atomic E-state index is 8.84. The Bertz CT molecular complexity index is 570. The molecule has 7 heteroatoms. The Morgan fingerprint density at radius 3 is 2.89 bits per heavy atom. The molecule has 1 aliphatic heterocycles. The van der Waals surface area contributed by atoms with Crippen LogP contribution in [0.5, 0.6) is 11.5 Å². The predicted octanol–water partition coefficient (Wildman–Crippen LogP) is 0.358. The van der Waals surface area contributed by atoms with Gasteiger partial charge in [-0.1, -0.05) is 0 Å². The molecule has 1 aromatic heterocycles. The summed E-state index contributed by atoms with van der Waals surface area (Å²) in [6.07, 6.45) is 1.26. The number of ether oxygens (including phenoxy) is 2. The molecule has 1 aliphatic rings. The molecule has 0 fully saturated rings. The summed E-state index contributed by atoms with van der Waals surface area (Å²) >= 11 is 0. The van der Waals surface area contributed by atoms with E-state index in [2.05, 4.69) is 15.4 Å². The lowest BCUT2D eigenvalue weighted by Crippen LogP contribution is -2.01. The Hall–Kier alpha value is -2.15. The van der Waals surface area contributed by atoms with Gasteiger partial charge < -0.3 is 14.6 Å². The first-order chi connectivity index (χ1) is 9.36. The number of hydrogen-bond acceptors (Lipinski definition) is 6. The van der Waals surface area contributed by atoms with Crippen LogP contribution >= 0.6 is 0 Å². The first-order valence-electron chi connectivity index (χ1n) is 6.16. The number of hydrogen-bond donors (Lipinski definition) is 1. The Morgan fingerprint density at radius 2 is 2.05 bits per heavy atom. The number of nitrogens with zero attached hydrogens (tertiary/aromatic N) is 4. The molecule has 7 nitrogen and oxygen atoms in total. The van der Waals surface area contributed by atoms with Crippen LogP contribution in [0.4, 0.5) is 0 Å². The van der Waals surface area contributed by atoms with E-state index in [1.165, 1.54) is 4.80 Å². The van der Waals surface area contributed by atoms with Gasteiger partial charge in [-0.15, -0.1) is 15.0 Å². The Morgan fingerprint density at radius 1 is 1.21 bits per heavy atom. The molecule has 0 spiro atoms.